The van der Waals surface area contributed by atoms with Gasteiger partial charge < -0.3 is 9.29 Å². The largest absolute Gasteiger partial charge is 0.473 e. The van der Waals surface area contributed by atoms with Gasteiger partial charge in [-0.1, -0.05) is 17.7 Å². The van der Waals surface area contributed by atoms with Gasteiger partial charge in [-0.05, 0) is 19.1 Å². The molecule has 0 aliphatic rings. The van der Waals surface area contributed by atoms with Gasteiger partial charge in [-0.3, -0.25) is 0 Å². The van der Waals surface area contributed by atoms with Crippen LogP contribution in [0, 0.1) is 6.92 Å². The third-order valence-corrected chi connectivity index (χ3v) is 2.89. The van der Waals surface area contributed by atoms with Gasteiger partial charge in [0.15, 0.2) is 0 Å². The number of hydrogen-bond donors (Lipinski definition) is 1. The van der Waals surface area contributed by atoms with Crippen molar-refractivity contribution < 1.29 is 27.3 Å². The Balaban J connectivity index is 2.99. The molecule has 7 heteroatoms. The molecule has 0 radical (unpaired) electrons. The minimum absolute atomic E-state index is 0.271. The summed E-state index contributed by atoms with van der Waals surface area (Å²) in [5, 5.41) is 8.20. The third kappa shape index (κ3) is 2.80. The summed E-state index contributed by atoms with van der Waals surface area (Å²) < 4.78 is 26.6. The van der Waals surface area contributed by atoms with Gasteiger partial charge in [-0.2, -0.15) is 8.42 Å². The summed E-state index contributed by atoms with van der Waals surface area (Å²) in [5.74, 6) is -3.80. The molecule has 86 valence electrons. The summed E-state index contributed by atoms with van der Waals surface area (Å²) in [6.45, 7) is 1.75. The summed E-state index contributed by atoms with van der Waals surface area (Å²) in [4.78, 5) is 20.5. The highest BCUT2D eigenvalue weighted by Crippen LogP contribution is 2.13. The Bertz CT molecular complexity index is 513. The molecule has 0 saturated heterocycles. The zero-order chi connectivity index (χ0) is 12.3. The number of carbonyl (C=O) groups excluding carboxylic acids is 1. The van der Waals surface area contributed by atoms with Crippen LogP contribution in [0.1, 0.15) is 5.56 Å². The predicted molar refractivity (Wildman–Crippen MR) is 52.1 cm³/mol. The van der Waals surface area contributed by atoms with E-state index in [2.05, 4.69) is 4.18 Å². The average molecular weight is 244 g/mol. The average Bonchev–Trinajstić information content (AvgIpc) is 2.17. The topological polar surface area (TPSA) is 97.7 Å². The number of aryl methyl sites for hydroxylation is 1. The first kappa shape index (κ1) is 12.2. The van der Waals surface area contributed by atoms with Crippen LogP contribution in [0.4, 0.5) is 0 Å². The van der Waals surface area contributed by atoms with Crippen LogP contribution >= 0.6 is 0 Å². The molecule has 0 unspecified atom stereocenters. The second-order valence-corrected chi connectivity index (χ2v) is 4.49. The van der Waals surface area contributed by atoms with Crippen LogP contribution in [0.2, 0.25) is 0 Å². The van der Waals surface area contributed by atoms with E-state index in [1.165, 1.54) is 24.3 Å². The zero-order valence-corrected chi connectivity index (χ0v) is 9.02. The first-order chi connectivity index (χ1) is 7.33. The lowest BCUT2D eigenvalue weighted by atomic mass is 10.2. The van der Waals surface area contributed by atoms with Crippen LogP contribution in [-0.4, -0.2) is 25.5 Å². The van der Waals surface area contributed by atoms with E-state index in [9.17, 15) is 18.0 Å². The molecule has 0 amide bonds. The van der Waals surface area contributed by atoms with E-state index in [1.54, 1.807) is 6.92 Å². The van der Waals surface area contributed by atoms with E-state index >= 15 is 0 Å². The summed E-state index contributed by atoms with van der Waals surface area (Å²) in [6.07, 6.45) is 0. The minimum atomic E-state index is -4.35. The highest BCUT2D eigenvalue weighted by Gasteiger charge is 2.24. The van der Waals surface area contributed by atoms with E-state index in [0.29, 0.717) is 0 Å². The lowest BCUT2D eigenvalue weighted by molar-refractivity contribution is -0.157. The number of hydrogen-bond acceptors (Lipinski definition) is 5. The Morgan fingerprint density at radius 1 is 1.19 bits per heavy atom. The van der Waals surface area contributed by atoms with Gasteiger partial charge in [0, 0.05) is 0 Å². The van der Waals surface area contributed by atoms with Crippen molar-refractivity contribution in [3.05, 3.63) is 29.8 Å². The fourth-order valence-corrected chi connectivity index (χ4v) is 1.72. The van der Waals surface area contributed by atoms with Gasteiger partial charge in [0.1, 0.15) is 4.90 Å². The molecule has 6 nitrogen and oxygen atoms in total. The van der Waals surface area contributed by atoms with Crippen LogP contribution in [0.15, 0.2) is 29.2 Å². The zero-order valence-electron chi connectivity index (χ0n) is 8.21. The van der Waals surface area contributed by atoms with Gasteiger partial charge in [-0.25, -0.2) is 9.59 Å². The molecule has 16 heavy (non-hydrogen) atoms. The molecule has 0 aliphatic heterocycles. The van der Waals surface area contributed by atoms with E-state index in [-0.39, 0.29) is 4.90 Å². The molecule has 1 rings (SSSR count). The highest BCUT2D eigenvalue weighted by atomic mass is 32.2. The van der Waals surface area contributed by atoms with Gasteiger partial charge >= 0.3 is 22.1 Å². The number of carboxylic acids is 1. The summed E-state index contributed by atoms with van der Waals surface area (Å²) in [6, 6.07) is 5.45. The van der Waals surface area contributed by atoms with Gasteiger partial charge in [0.05, 0.1) is 0 Å². The SMILES string of the molecule is Cc1ccc(S(=O)(=O)OC(=O)C(=O)O)cc1. The molecule has 0 spiro atoms. The second-order valence-electron chi connectivity index (χ2n) is 2.94. The van der Waals surface area contributed by atoms with Gasteiger partial charge in [0.2, 0.25) is 0 Å². The normalized spacial score (nSPS) is 10.8. The monoisotopic (exact) mass is 244 g/mol. The van der Waals surface area contributed by atoms with E-state index in [0.717, 1.165) is 5.56 Å². The third-order valence-electron chi connectivity index (χ3n) is 1.67. The van der Waals surface area contributed by atoms with Crippen molar-refractivity contribution in [2.45, 2.75) is 11.8 Å². The first-order valence-electron chi connectivity index (χ1n) is 4.11. The number of aliphatic carboxylic acids is 1. The van der Waals surface area contributed by atoms with Crippen molar-refractivity contribution in [3.8, 4) is 0 Å². The highest BCUT2D eigenvalue weighted by molar-refractivity contribution is 7.87. The fourth-order valence-electron chi connectivity index (χ4n) is 0.888. The Labute approximate surface area is 91.6 Å². The Hall–Kier alpha value is -1.89. The molecular weight excluding hydrogens is 236 g/mol. The number of carbonyl (C=O) groups is 2. The van der Waals surface area contributed by atoms with Crippen LogP contribution in [0.5, 0.6) is 0 Å². The summed E-state index contributed by atoms with van der Waals surface area (Å²) in [7, 11) is -4.35. The summed E-state index contributed by atoms with van der Waals surface area (Å²) in [5.41, 5.74) is 0.823. The first-order valence-corrected chi connectivity index (χ1v) is 5.52. The van der Waals surface area contributed by atoms with E-state index in [4.69, 9.17) is 5.11 Å². The van der Waals surface area contributed by atoms with Crippen LogP contribution in [-0.2, 0) is 23.9 Å². The number of carboxylic acid groups (broad SMARTS) is 1. The van der Waals surface area contributed by atoms with Crippen molar-refractivity contribution in [2.75, 3.05) is 0 Å². The number of benzene rings is 1. The van der Waals surface area contributed by atoms with E-state index in [1.807, 2.05) is 0 Å². The predicted octanol–water partition coefficient (Wildman–Crippen LogP) is 0.312. The molecule has 0 bridgehead atoms. The molecular formula is C9H8O6S. The van der Waals surface area contributed by atoms with Crippen molar-refractivity contribution in [1.82, 2.24) is 0 Å². The number of rotatable bonds is 2. The second kappa shape index (κ2) is 4.31. The van der Waals surface area contributed by atoms with Crippen LogP contribution < -0.4 is 0 Å². The smallest absolute Gasteiger partial charge is 0.432 e. The van der Waals surface area contributed by atoms with Crippen LogP contribution in [0.25, 0.3) is 0 Å². The van der Waals surface area contributed by atoms with Crippen LogP contribution in [0.3, 0.4) is 0 Å². The molecule has 1 aromatic rings. The van der Waals surface area contributed by atoms with E-state index < -0.39 is 22.1 Å². The van der Waals surface area contributed by atoms with Crippen molar-refractivity contribution in [2.24, 2.45) is 0 Å². The molecule has 0 fully saturated rings. The fraction of sp³-hybridized carbons (Fsp3) is 0.111. The molecule has 0 heterocycles. The van der Waals surface area contributed by atoms with Crippen molar-refractivity contribution in [1.29, 1.82) is 0 Å². The lowest BCUT2D eigenvalue weighted by Crippen LogP contribution is -2.20. The van der Waals surface area contributed by atoms with Gasteiger partial charge in [-0.15, -0.1) is 0 Å². The van der Waals surface area contributed by atoms with Crippen molar-refractivity contribution in [3.63, 3.8) is 0 Å². The lowest BCUT2D eigenvalue weighted by Gasteiger charge is -2.03. The molecule has 0 atom stereocenters. The Kier molecular flexibility index (Phi) is 3.28. The Morgan fingerprint density at radius 3 is 2.12 bits per heavy atom. The molecule has 0 saturated carbocycles. The molecule has 0 aromatic heterocycles. The molecule has 1 N–H and O–H groups in total. The standard InChI is InChI=1S/C9H8O6S/c1-6-2-4-7(5-3-6)16(13,14)15-9(12)8(10)11/h2-5H,1H3,(H,10,11). The molecule has 0 aliphatic carbocycles. The minimum Gasteiger partial charge on any atom is -0.473 e. The Morgan fingerprint density at radius 2 is 1.69 bits per heavy atom. The maximum absolute atomic E-state index is 11.4. The maximum atomic E-state index is 11.4. The summed E-state index contributed by atoms with van der Waals surface area (Å²) >= 11 is 0. The van der Waals surface area contributed by atoms with Gasteiger partial charge in [0.25, 0.3) is 0 Å². The van der Waals surface area contributed by atoms with Crippen molar-refractivity contribution >= 4 is 22.1 Å². The maximum Gasteiger partial charge on any atom is 0.432 e. The molecule has 1 aromatic carbocycles. The quantitative estimate of drug-likeness (QED) is 0.594.